The van der Waals surface area contributed by atoms with Crippen LogP contribution in [0.2, 0.25) is 0 Å². The monoisotopic (exact) mass is 515 g/mol. The fourth-order valence-electron chi connectivity index (χ4n) is 3.97. The van der Waals surface area contributed by atoms with E-state index >= 15 is 0 Å². The van der Waals surface area contributed by atoms with Crippen molar-refractivity contribution in [3.8, 4) is 11.5 Å². The first-order valence-electron chi connectivity index (χ1n) is 11.3. The van der Waals surface area contributed by atoms with Crippen LogP contribution in [-0.4, -0.2) is 40.8 Å². The molecular formula is C26H24F3N3O5. The molecule has 11 heteroatoms. The van der Waals surface area contributed by atoms with Crippen molar-refractivity contribution >= 4 is 23.2 Å². The van der Waals surface area contributed by atoms with Crippen LogP contribution in [0.4, 0.5) is 24.5 Å². The minimum Gasteiger partial charge on any atom is -0.508 e. The smallest absolute Gasteiger partial charge is 0.418 e. The molecule has 3 aromatic carbocycles. The number of nitrogens with one attached hydrogen (secondary N) is 3. The molecule has 4 rings (SSSR count). The van der Waals surface area contributed by atoms with E-state index in [2.05, 4.69) is 16.0 Å². The van der Waals surface area contributed by atoms with Crippen LogP contribution in [-0.2, 0) is 22.3 Å². The molecule has 1 atom stereocenters. The third-order valence-electron chi connectivity index (χ3n) is 5.89. The van der Waals surface area contributed by atoms with Crippen LogP contribution in [0.1, 0.15) is 27.9 Å². The molecule has 1 fully saturated rings. The van der Waals surface area contributed by atoms with E-state index in [1.165, 1.54) is 30.3 Å². The number of hydrogen-bond acceptors (Lipinski definition) is 6. The second-order valence-electron chi connectivity index (χ2n) is 8.62. The molecule has 37 heavy (non-hydrogen) atoms. The fourth-order valence-corrected chi connectivity index (χ4v) is 3.97. The lowest BCUT2D eigenvalue weighted by Crippen LogP contribution is -2.59. The van der Waals surface area contributed by atoms with E-state index in [1.54, 1.807) is 24.3 Å². The van der Waals surface area contributed by atoms with Crippen molar-refractivity contribution in [2.75, 3.05) is 18.5 Å². The molecule has 0 aliphatic carbocycles. The minimum atomic E-state index is -4.50. The van der Waals surface area contributed by atoms with Crippen LogP contribution < -0.4 is 16.0 Å². The van der Waals surface area contributed by atoms with Gasteiger partial charge in [-0.3, -0.25) is 9.59 Å². The van der Waals surface area contributed by atoms with Crippen molar-refractivity contribution in [2.45, 2.75) is 24.7 Å². The van der Waals surface area contributed by atoms with Gasteiger partial charge in [-0.05, 0) is 42.0 Å². The van der Waals surface area contributed by atoms with Gasteiger partial charge in [-0.15, -0.1) is 0 Å². The molecular weight excluding hydrogens is 491 g/mol. The SMILES string of the molecule is O=C(NC1(C(=O)NCc2ccc(Nc3ccccc3C(F)(F)F)cc2)CCOC1)c1cc(O)cc(O)c1. The van der Waals surface area contributed by atoms with Crippen molar-refractivity contribution in [3.63, 3.8) is 0 Å². The van der Waals surface area contributed by atoms with E-state index in [1.807, 2.05) is 0 Å². The number of halogens is 3. The van der Waals surface area contributed by atoms with E-state index in [9.17, 15) is 33.0 Å². The van der Waals surface area contributed by atoms with E-state index in [4.69, 9.17) is 4.74 Å². The van der Waals surface area contributed by atoms with Gasteiger partial charge in [-0.25, -0.2) is 0 Å². The highest BCUT2D eigenvalue weighted by Gasteiger charge is 2.43. The Hall–Kier alpha value is -4.25. The summed E-state index contributed by atoms with van der Waals surface area (Å²) in [7, 11) is 0. The van der Waals surface area contributed by atoms with Crippen LogP contribution >= 0.6 is 0 Å². The van der Waals surface area contributed by atoms with E-state index in [0.717, 1.165) is 12.1 Å². The standard InChI is InChI=1S/C26H24F3N3O5/c27-26(28,29)21-3-1-2-4-22(21)31-18-7-5-16(6-8-18)14-30-24(36)25(9-10-37-15-25)32-23(35)17-11-19(33)13-20(34)12-17/h1-8,11-13,31,33-34H,9-10,14-15H2,(H,30,36)(H,32,35). The Bertz CT molecular complexity index is 1270. The quantitative estimate of drug-likeness (QED) is 0.324. The zero-order valence-electron chi connectivity index (χ0n) is 19.4. The normalized spacial score (nSPS) is 17.3. The third kappa shape index (κ3) is 6.12. The Morgan fingerprint density at radius 3 is 2.27 bits per heavy atom. The summed E-state index contributed by atoms with van der Waals surface area (Å²) in [5, 5.41) is 27.5. The molecule has 194 valence electrons. The number of carbonyl (C=O) groups is 2. The third-order valence-corrected chi connectivity index (χ3v) is 5.89. The number of phenols is 2. The zero-order valence-corrected chi connectivity index (χ0v) is 19.4. The Kier molecular flexibility index (Phi) is 7.25. The zero-order chi connectivity index (χ0) is 26.6. The lowest BCUT2D eigenvalue weighted by Gasteiger charge is -2.27. The molecule has 3 aromatic rings. The van der Waals surface area contributed by atoms with Crippen LogP contribution in [0, 0.1) is 0 Å². The van der Waals surface area contributed by atoms with Crippen molar-refractivity contribution in [1.82, 2.24) is 10.6 Å². The average molecular weight is 515 g/mol. The molecule has 2 amide bonds. The molecule has 0 aromatic heterocycles. The van der Waals surface area contributed by atoms with Gasteiger partial charge in [0.15, 0.2) is 0 Å². The first-order valence-corrected chi connectivity index (χ1v) is 11.3. The average Bonchev–Trinajstić information content (AvgIpc) is 3.32. The summed E-state index contributed by atoms with van der Waals surface area (Å²) in [4.78, 5) is 25.8. The highest BCUT2D eigenvalue weighted by atomic mass is 19.4. The Balaban J connectivity index is 1.40. The highest BCUT2D eigenvalue weighted by Crippen LogP contribution is 2.35. The maximum absolute atomic E-state index is 13.2. The molecule has 1 aliphatic rings. The fraction of sp³-hybridized carbons (Fsp3) is 0.231. The van der Waals surface area contributed by atoms with Crippen molar-refractivity contribution in [1.29, 1.82) is 0 Å². The maximum atomic E-state index is 13.2. The lowest BCUT2D eigenvalue weighted by molar-refractivity contribution is -0.137. The molecule has 1 aliphatic heterocycles. The van der Waals surface area contributed by atoms with Gasteiger partial charge in [0.2, 0.25) is 5.91 Å². The molecule has 0 radical (unpaired) electrons. The maximum Gasteiger partial charge on any atom is 0.418 e. The second-order valence-corrected chi connectivity index (χ2v) is 8.62. The van der Waals surface area contributed by atoms with Gasteiger partial charge >= 0.3 is 6.18 Å². The first-order chi connectivity index (χ1) is 17.6. The Morgan fingerprint density at radius 2 is 1.65 bits per heavy atom. The van der Waals surface area contributed by atoms with Crippen LogP contribution in [0.5, 0.6) is 11.5 Å². The number of anilines is 2. The lowest BCUT2D eigenvalue weighted by atomic mass is 9.96. The number of carbonyl (C=O) groups excluding carboxylic acids is 2. The largest absolute Gasteiger partial charge is 0.508 e. The molecule has 5 N–H and O–H groups in total. The molecule has 1 heterocycles. The summed E-state index contributed by atoms with van der Waals surface area (Å²) in [6.45, 7) is 0.290. The second kappa shape index (κ2) is 10.4. The van der Waals surface area contributed by atoms with Crippen molar-refractivity contribution < 1.29 is 37.7 Å². The number of phenolic OH excluding ortho intramolecular Hbond substituents is 2. The number of ether oxygens (including phenoxy) is 1. The number of benzene rings is 3. The molecule has 0 spiro atoms. The van der Waals surface area contributed by atoms with Crippen LogP contribution in [0.3, 0.4) is 0 Å². The number of para-hydroxylation sites is 1. The summed E-state index contributed by atoms with van der Waals surface area (Å²) >= 11 is 0. The van der Waals surface area contributed by atoms with Gasteiger partial charge in [-0.2, -0.15) is 13.2 Å². The summed E-state index contributed by atoms with van der Waals surface area (Å²) in [5.41, 5.74) is -1.10. The number of amides is 2. The van der Waals surface area contributed by atoms with Crippen LogP contribution in [0.15, 0.2) is 66.7 Å². The van der Waals surface area contributed by atoms with E-state index in [-0.39, 0.29) is 48.9 Å². The van der Waals surface area contributed by atoms with Crippen LogP contribution in [0.25, 0.3) is 0 Å². The minimum absolute atomic E-state index is 0.0215. The molecule has 0 saturated carbocycles. The number of aromatic hydroxyl groups is 2. The van der Waals surface area contributed by atoms with Gasteiger partial charge in [0, 0.05) is 36.9 Å². The van der Waals surface area contributed by atoms with Crippen molar-refractivity contribution in [3.05, 3.63) is 83.4 Å². The number of hydrogen-bond donors (Lipinski definition) is 5. The van der Waals surface area contributed by atoms with E-state index < -0.39 is 29.1 Å². The van der Waals surface area contributed by atoms with E-state index in [0.29, 0.717) is 11.3 Å². The van der Waals surface area contributed by atoms with Gasteiger partial charge in [0.25, 0.3) is 5.91 Å². The molecule has 8 nitrogen and oxygen atoms in total. The number of alkyl halides is 3. The van der Waals surface area contributed by atoms with Gasteiger partial charge < -0.3 is 30.9 Å². The Labute approximate surface area is 210 Å². The van der Waals surface area contributed by atoms with Gasteiger partial charge in [-0.1, -0.05) is 24.3 Å². The number of rotatable bonds is 7. The van der Waals surface area contributed by atoms with Gasteiger partial charge in [0.1, 0.15) is 17.0 Å². The summed E-state index contributed by atoms with van der Waals surface area (Å²) in [6.07, 6.45) is -4.28. The molecule has 1 saturated heterocycles. The summed E-state index contributed by atoms with van der Waals surface area (Å²) in [5.74, 6) is -1.75. The predicted octanol–water partition coefficient (Wildman–Crippen LogP) is 4.07. The Morgan fingerprint density at radius 1 is 0.973 bits per heavy atom. The topological polar surface area (TPSA) is 120 Å². The predicted molar refractivity (Wildman–Crippen MR) is 128 cm³/mol. The van der Waals surface area contributed by atoms with Gasteiger partial charge in [0.05, 0.1) is 17.9 Å². The summed E-state index contributed by atoms with van der Waals surface area (Å²) < 4.78 is 45.0. The van der Waals surface area contributed by atoms with Crippen molar-refractivity contribution in [2.24, 2.45) is 0 Å². The summed E-state index contributed by atoms with van der Waals surface area (Å²) in [6, 6.07) is 15.1. The highest BCUT2D eigenvalue weighted by molar-refractivity contribution is 6.00. The molecule has 0 bridgehead atoms. The molecule has 1 unspecified atom stereocenters. The first kappa shape index (κ1) is 25.8.